The molecule has 0 aromatic carbocycles. The van der Waals surface area contributed by atoms with Crippen LogP contribution in [0.2, 0.25) is 0 Å². The van der Waals surface area contributed by atoms with Gasteiger partial charge in [0, 0.05) is 26.5 Å². The van der Waals surface area contributed by atoms with Gasteiger partial charge in [-0.3, -0.25) is 0 Å². The Balaban J connectivity index is 2.53. The minimum atomic E-state index is -3.59. The Bertz CT molecular complexity index is 648. The lowest BCUT2D eigenvalue weighted by Crippen LogP contribution is -2.29. The molecule has 2 rings (SSSR count). The molecule has 0 fully saturated rings. The highest BCUT2D eigenvalue weighted by molar-refractivity contribution is 7.87. The van der Waals surface area contributed by atoms with E-state index >= 15 is 0 Å². The molecule has 0 bridgehead atoms. The standard InChI is InChI=1S/C10H13N5O2S/c1-8-6-15(18(16,17)14(2)3)13-10(8)9-4-5-11-7-12-9/h4-7H,1-3H3. The smallest absolute Gasteiger partial charge is 0.245 e. The summed E-state index contributed by atoms with van der Waals surface area (Å²) in [6.45, 7) is 1.78. The van der Waals surface area contributed by atoms with Crippen molar-refractivity contribution >= 4 is 10.2 Å². The van der Waals surface area contributed by atoms with Crippen molar-refractivity contribution in [1.82, 2.24) is 23.5 Å². The molecule has 8 heteroatoms. The highest BCUT2D eigenvalue weighted by Crippen LogP contribution is 2.19. The summed E-state index contributed by atoms with van der Waals surface area (Å²) in [4.78, 5) is 7.87. The summed E-state index contributed by atoms with van der Waals surface area (Å²) in [6, 6.07) is 1.68. The zero-order chi connectivity index (χ0) is 13.3. The topological polar surface area (TPSA) is 81.0 Å². The molecule has 0 atom stereocenters. The highest BCUT2D eigenvalue weighted by Gasteiger charge is 2.20. The maximum atomic E-state index is 11.9. The van der Waals surface area contributed by atoms with Gasteiger partial charge in [0.1, 0.15) is 12.0 Å². The van der Waals surface area contributed by atoms with Gasteiger partial charge < -0.3 is 0 Å². The largest absolute Gasteiger partial charge is 0.322 e. The molecule has 0 saturated carbocycles. The second kappa shape index (κ2) is 4.46. The molecule has 18 heavy (non-hydrogen) atoms. The quantitative estimate of drug-likeness (QED) is 0.799. The Morgan fingerprint density at radius 1 is 1.33 bits per heavy atom. The molecule has 2 aromatic rings. The lowest BCUT2D eigenvalue weighted by atomic mass is 10.2. The first-order valence-corrected chi connectivity index (χ1v) is 6.58. The van der Waals surface area contributed by atoms with E-state index in [9.17, 15) is 8.42 Å². The molecule has 0 aliphatic rings. The van der Waals surface area contributed by atoms with Crippen LogP contribution in [0.3, 0.4) is 0 Å². The Hall–Kier alpha value is -1.80. The molecule has 2 aromatic heterocycles. The molecule has 0 aliphatic carbocycles. The second-order valence-corrected chi connectivity index (χ2v) is 5.92. The van der Waals surface area contributed by atoms with Crippen LogP contribution in [0.15, 0.2) is 24.8 Å². The van der Waals surface area contributed by atoms with Crippen LogP contribution in [0.25, 0.3) is 11.4 Å². The van der Waals surface area contributed by atoms with Crippen LogP contribution < -0.4 is 0 Å². The monoisotopic (exact) mass is 267 g/mol. The number of aromatic nitrogens is 4. The van der Waals surface area contributed by atoms with E-state index in [4.69, 9.17) is 0 Å². The van der Waals surface area contributed by atoms with Crippen molar-refractivity contribution in [2.45, 2.75) is 6.92 Å². The number of hydrogen-bond donors (Lipinski definition) is 0. The lowest BCUT2D eigenvalue weighted by Gasteiger charge is -2.10. The molecule has 0 spiro atoms. The summed E-state index contributed by atoms with van der Waals surface area (Å²) in [5.74, 6) is 0. The third kappa shape index (κ3) is 2.12. The van der Waals surface area contributed by atoms with Gasteiger partial charge in [-0.05, 0) is 18.6 Å². The Labute approximate surface area is 105 Å². The Kier molecular flexibility index (Phi) is 3.14. The number of rotatable bonds is 3. The van der Waals surface area contributed by atoms with E-state index in [0.29, 0.717) is 11.4 Å². The van der Waals surface area contributed by atoms with E-state index in [-0.39, 0.29) is 0 Å². The molecule has 96 valence electrons. The van der Waals surface area contributed by atoms with E-state index in [1.807, 2.05) is 0 Å². The first kappa shape index (κ1) is 12.7. The molecule has 0 aliphatic heterocycles. The van der Waals surface area contributed by atoms with Gasteiger partial charge >= 0.3 is 10.2 Å². The summed E-state index contributed by atoms with van der Waals surface area (Å²) < 4.78 is 25.9. The molecule has 0 unspecified atom stereocenters. The van der Waals surface area contributed by atoms with Crippen molar-refractivity contribution in [2.75, 3.05) is 14.1 Å². The van der Waals surface area contributed by atoms with Crippen LogP contribution in [0.5, 0.6) is 0 Å². The third-order valence-electron chi connectivity index (χ3n) is 2.40. The van der Waals surface area contributed by atoms with Crippen LogP contribution >= 0.6 is 0 Å². The lowest BCUT2D eigenvalue weighted by molar-refractivity contribution is 0.504. The van der Waals surface area contributed by atoms with E-state index in [2.05, 4.69) is 15.1 Å². The maximum absolute atomic E-state index is 11.9. The van der Waals surface area contributed by atoms with Crippen molar-refractivity contribution in [3.8, 4) is 11.4 Å². The Morgan fingerprint density at radius 2 is 2.06 bits per heavy atom. The molecule has 7 nitrogen and oxygen atoms in total. The number of nitrogens with zero attached hydrogens (tertiary/aromatic N) is 5. The van der Waals surface area contributed by atoms with E-state index in [0.717, 1.165) is 14.0 Å². The number of hydrogen-bond acceptors (Lipinski definition) is 5. The van der Waals surface area contributed by atoms with Gasteiger partial charge in [-0.15, -0.1) is 0 Å². The zero-order valence-corrected chi connectivity index (χ0v) is 11.1. The fourth-order valence-electron chi connectivity index (χ4n) is 1.40. The van der Waals surface area contributed by atoms with Crippen molar-refractivity contribution < 1.29 is 8.42 Å². The molecule has 0 saturated heterocycles. The second-order valence-electron chi connectivity index (χ2n) is 3.92. The fourth-order valence-corrected chi connectivity index (χ4v) is 2.21. The van der Waals surface area contributed by atoms with Crippen LogP contribution in [-0.4, -0.2) is 46.0 Å². The molecule has 0 radical (unpaired) electrons. The molecular formula is C10H13N5O2S. The van der Waals surface area contributed by atoms with Gasteiger partial charge in [0.15, 0.2) is 0 Å². The van der Waals surface area contributed by atoms with Crippen LogP contribution in [0.1, 0.15) is 5.56 Å². The van der Waals surface area contributed by atoms with E-state index in [1.165, 1.54) is 26.6 Å². The van der Waals surface area contributed by atoms with E-state index in [1.54, 1.807) is 19.2 Å². The minimum Gasteiger partial charge on any atom is -0.245 e. The first-order valence-electron chi connectivity index (χ1n) is 5.18. The van der Waals surface area contributed by atoms with E-state index < -0.39 is 10.2 Å². The predicted molar refractivity (Wildman–Crippen MR) is 66.0 cm³/mol. The van der Waals surface area contributed by atoms with Crippen LogP contribution in [0.4, 0.5) is 0 Å². The van der Waals surface area contributed by atoms with Gasteiger partial charge in [-0.1, -0.05) is 0 Å². The number of aryl methyl sites for hydroxylation is 1. The minimum absolute atomic E-state index is 0.530. The summed E-state index contributed by atoms with van der Waals surface area (Å²) >= 11 is 0. The van der Waals surface area contributed by atoms with Crippen molar-refractivity contribution in [1.29, 1.82) is 0 Å². The van der Waals surface area contributed by atoms with Crippen molar-refractivity contribution in [3.05, 3.63) is 30.4 Å². The SMILES string of the molecule is Cc1cn(S(=O)(=O)N(C)C)nc1-c1ccncn1. The van der Waals surface area contributed by atoms with Gasteiger partial charge in [0.05, 0.1) is 5.69 Å². The van der Waals surface area contributed by atoms with Crippen molar-refractivity contribution in [3.63, 3.8) is 0 Å². The molecule has 2 heterocycles. The third-order valence-corrected chi connectivity index (χ3v) is 3.98. The average molecular weight is 267 g/mol. The predicted octanol–water partition coefficient (Wildman–Crippen LogP) is 0.303. The first-order chi connectivity index (χ1) is 8.43. The zero-order valence-electron chi connectivity index (χ0n) is 10.3. The maximum Gasteiger partial charge on any atom is 0.322 e. The van der Waals surface area contributed by atoms with Gasteiger partial charge in [-0.2, -0.15) is 21.9 Å². The fraction of sp³-hybridized carbons (Fsp3) is 0.300. The average Bonchev–Trinajstić information content (AvgIpc) is 2.73. The summed E-state index contributed by atoms with van der Waals surface area (Å²) in [5, 5.41) is 4.07. The summed E-state index contributed by atoms with van der Waals surface area (Å²) in [5.41, 5.74) is 1.86. The van der Waals surface area contributed by atoms with Crippen LogP contribution in [-0.2, 0) is 10.2 Å². The normalized spacial score (nSPS) is 12.0. The molecular weight excluding hydrogens is 254 g/mol. The Morgan fingerprint density at radius 3 is 2.61 bits per heavy atom. The van der Waals surface area contributed by atoms with Crippen molar-refractivity contribution in [2.24, 2.45) is 0 Å². The van der Waals surface area contributed by atoms with Gasteiger partial charge in [0.25, 0.3) is 0 Å². The highest BCUT2D eigenvalue weighted by atomic mass is 32.2. The van der Waals surface area contributed by atoms with Gasteiger partial charge in [0.2, 0.25) is 0 Å². The summed E-state index contributed by atoms with van der Waals surface area (Å²) in [7, 11) is -0.681. The molecule has 0 N–H and O–H groups in total. The summed E-state index contributed by atoms with van der Waals surface area (Å²) in [6.07, 6.45) is 4.45. The van der Waals surface area contributed by atoms with Crippen LogP contribution in [0, 0.1) is 6.92 Å². The molecule has 0 amide bonds. The van der Waals surface area contributed by atoms with Gasteiger partial charge in [-0.25, -0.2) is 9.97 Å².